The van der Waals surface area contributed by atoms with E-state index in [-0.39, 0.29) is 16.5 Å². The number of carbonyl (C=O) groups excluding carboxylic acids is 1. The molecule has 2 heterocycles. The van der Waals surface area contributed by atoms with E-state index in [0.717, 1.165) is 12.8 Å². The van der Waals surface area contributed by atoms with Gasteiger partial charge in [0.15, 0.2) is 0 Å². The number of carboxylic acids is 1. The molecule has 3 rings (SSSR count). The summed E-state index contributed by atoms with van der Waals surface area (Å²) in [5.41, 5.74) is 1.36. The third-order valence-electron chi connectivity index (χ3n) is 4.45. The van der Waals surface area contributed by atoms with Crippen LogP contribution in [0.4, 0.5) is 0 Å². The number of aryl methyl sites for hydroxylation is 1. The van der Waals surface area contributed by atoms with Crippen molar-refractivity contribution < 1.29 is 27.7 Å². The van der Waals surface area contributed by atoms with E-state index in [1.165, 1.54) is 22.8 Å². The van der Waals surface area contributed by atoms with Crippen LogP contribution in [0.2, 0.25) is 0 Å². The fourth-order valence-corrected chi connectivity index (χ4v) is 3.80. The van der Waals surface area contributed by atoms with Gasteiger partial charge in [-0.05, 0) is 43.0 Å². The molecule has 0 atom stereocenters. The molecule has 9 heteroatoms. The van der Waals surface area contributed by atoms with Crippen LogP contribution in [0.25, 0.3) is 10.9 Å². The standard InChI is InChI=1S/C16H18N2O6S/c1-17-7-3-2-4-11-12-8-10(25(22,23)24)5-6-13(12)18(9-14(19)20)15(11)16(17)21/h5-6,8H,2-4,7,9H2,1H3,(H,19,20)(H,22,23,24). The lowest BCUT2D eigenvalue weighted by Crippen LogP contribution is -2.32. The number of carboxylic acid groups (broad SMARTS) is 1. The molecule has 2 aromatic rings. The second-order valence-electron chi connectivity index (χ2n) is 6.14. The van der Waals surface area contributed by atoms with Gasteiger partial charge in [0.2, 0.25) is 0 Å². The number of rotatable bonds is 3. The molecule has 1 aromatic carbocycles. The highest BCUT2D eigenvalue weighted by Crippen LogP contribution is 2.32. The lowest BCUT2D eigenvalue weighted by Gasteiger charge is -2.21. The van der Waals surface area contributed by atoms with Gasteiger partial charge in [0.25, 0.3) is 16.0 Å². The molecule has 0 radical (unpaired) electrons. The van der Waals surface area contributed by atoms with E-state index in [1.807, 2.05) is 0 Å². The maximum Gasteiger partial charge on any atom is 0.323 e. The van der Waals surface area contributed by atoms with Gasteiger partial charge in [0.1, 0.15) is 12.2 Å². The molecule has 1 aliphatic rings. The minimum atomic E-state index is -4.40. The summed E-state index contributed by atoms with van der Waals surface area (Å²) in [6, 6.07) is 3.94. The van der Waals surface area contributed by atoms with Crippen molar-refractivity contribution in [3.8, 4) is 0 Å². The second-order valence-corrected chi connectivity index (χ2v) is 7.57. The van der Waals surface area contributed by atoms with E-state index >= 15 is 0 Å². The molecule has 0 aliphatic carbocycles. The molecule has 0 fully saturated rings. The minimum Gasteiger partial charge on any atom is -0.480 e. The van der Waals surface area contributed by atoms with Crippen LogP contribution in [-0.2, 0) is 27.9 Å². The van der Waals surface area contributed by atoms with Crippen LogP contribution in [0.1, 0.15) is 28.9 Å². The Bertz CT molecular complexity index is 976. The number of carbonyl (C=O) groups is 2. The molecule has 0 bridgehead atoms. The van der Waals surface area contributed by atoms with Crippen molar-refractivity contribution in [2.45, 2.75) is 30.7 Å². The molecule has 0 saturated carbocycles. The van der Waals surface area contributed by atoms with Crippen LogP contribution >= 0.6 is 0 Å². The number of aromatic nitrogens is 1. The van der Waals surface area contributed by atoms with Gasteiger partial charge in [0, 0.05) is 24.5 Å². The molecule has 0 unspecified atom stereocenters. The summed E-state index contributed by atoms with van der Waals surface area (Å²) in [4.78, 5) is 25.3. The molecule has 0 saturated heterocycles. The largest absolute Gasteiger partial charge is 0.480 e. The number of nitrogens with zero attached hydrogens (tertiary/aromatic N) is 2. The van der Waals surface area contributed by atoms with Crippen molar-refractivity contribution in [2.75, 3.05) is 13.6 Å². The van der Waals surface area contributed by atoms with Crippen molar-refractivity contribution in [3.63, 3.8) is 0 Å². The van der Waals surface area contributed by atoms with Crippen LogP contribution < -0.4 is 0 Å². The number of fused-ring (bicyclic) bond motifs is 3. The molecule has 8 nitrogen and oxygen atoms in total. The highest BCUT2D eigenvalue weighted by atomic mass is 32.2. The van der Waals surface area contributed by atoms with Crippen LogP contribution in [0.15, 0.2) is 23.1 Å². The lowest BCUT2D eigenvalue weighted by molar-refractivity contribution is -0.137. The van der Waals surface area contributed by atoms with Crippen LogP contribution in [0.5, 0.6) is 0 Å². The SMILES string of the molecule is CN1CCCCc2c(n(CC(=O)O)c3ccc(S(=O)(=O)O)cc23)C1=O. The first kappa shape index (κ1) is 17.4. The van der Waals surface area contributed by atoms with Crippen LogP contribution in [0, 0.1) is 0 Å². The zero-order chi connectivity index (χ0) is 18.4. The molecular weight excluding hydrogens is 348 g/mol. The van der Waals surface area contributed by atoms with E-state index < -0.39 is 22.6 Å². The zero-order valence-electron chi connectivity index (χ0n) is 13.6. The minimum absolute atomic E-state index is 0.270. The number of benzene rings is 1. The Labute approximate surface area is 144 Å². The number of aliphatic carboxylic acids is 1. The highest BCUT2D eigenvalue weighted by Gasteiger charge is 2.28. The second kappa shape index (κ2) is 6.16. The van der Waals surface area contributed by atoms with Gasteiger partial charge in [-0.15, -0.1) is 0 Å². The maximum atomic E-state index is 12.8. The van der Waals surface area contributed by atoms with Gasteiger partial charge in [0.05, 0.1) is 4.90 Å². The number of hydrogen-bond acceptors (Lipinski definition) is 4. The van der Waals surface area contributed by atoms with Crippen molar-refractivity contribution in [3.05, 3.63) is 29.5 Å². The maximum absolute atomic E-state index is 12.8. The predicted octanol–water partition coefficient (Wildman–Crippen LogP) is 1.38. The molecule has 1 amide bonds. The molecule has 2 N–H and O–H groups in total. The van der Waals surface area contributed by atoms with Gasteiger partial charge in [-0.3, -0.25) is 14.1 Å². The quantitative estimate of drug-likeness (QED) is 0.793. The molecule has 1 aromatic heterocycles. The van der Waals surface area contributed by atoms with Crippen molar-refractivity contribution >= 4 is 32.9 Å². The Morgan fingerprint density at radius 2 is 2.00 bits per heavy atom. The summed E-state index contributed by atoms with van der Waals surface area (Å²) in [6.45, 7) is 0.166. The summed E-state index contributed by atoms with van der Waals surface area (Å²) < 4.78 is 33.6. The summed E-state index contributed by atoms with van der Waals surface area (Å²) in [5, 5.41) is 9.71. The first-order valence-electron chi connectivity index (χ1n) is 7.80. The van der Waals surface area contributed by atoms with Crippen molar-refractivity contribution in [1.82, 2.24) is 9.47 Å². The Hall–Kier alpha value is -2.39. The molecule has 0 spiro atoms. The molecule has 25 heavy (non-hydrogen) atoms. The third kappa shape index (κ3) is 3.12. The smallest absolute Gasteiger partial charge is 0.323 e. The van der Waals surface area contributed by atoms with Gasteiger partial charge >= 0.3 is 5.97 Å². The average Bonchev–Trinajstić information content (AvgIpc) is 2.80. The zero-order valence-corrected chi connectivity index (χ0v) is 14.4. The van der Waals surface area contributed by atoms with E-state index in [4.69, 9.17) is 0 Å². The molecule has 134 valence electrons. The van der Waals surface area contributed by atoms with E-state index in [1.54, 1.807) is 11.9 Å². The Kier molecular flexibility index (Phi) is 4.29. The van der Waals surface area contributed by atoms with Crippen LogP contribution in [-0.4, -0.2) is 53.0 Å². The number of amides is 1. The van der Waals surface area contributed by atoms with E-state index in [9.17, 15) is 27.7 Å². The van der Waals surface area contributed by atoms with Gasteiger partial charge in [-0.25, -0.2) is 0 Å². The monoisotopic (exact) mass is 366 g/mol. The average molecular weight is 366 g/mol. The van der Waals surface area contributed by atoms with Crippen LogP contribution in [0.3, 0.4) is 0 Å². The summed E-state index contributed by atoms with van der Waals surface area (Å²) in [5.74, 6) is -1.39. The normalized spacial score (nSPS) is 15.8. The van der Waals surface area contributed by atoms with Crippen molar-refractivity contribution in [2.24, 2.45) is 0 Å². The Morgan fingerprint density at radius 3 is 2.64 bits per heavy atom. The van der Waals surface area contributed by atoms with Gasteiger partial charge < -0.3 is 14.6 Å². The Balaban J connectivity index is 2.36. The van der Waals surface area contributed by atoms with Gasteiger partial charge in [-0.2, -0.15) is 8.42 Å². The molecule has 1 aliphatic heterocycles. The third-order valence-corrected chi connectivity index (χ3v) is 5.30. The fourth-order valence-electron chi connectivity index (χ4n) is 3.29. The summed E-state index contributed by atoms with van der Waals surface area (Å²) in [7, 11) is -2.74. The first-order valence-corrected chi connectivity index (χ1v) is 9.24. The van der Waals surface area contributed by atoms with Gasteiger partial charge in [-0.1, -0.05) is 0 Å². The van der Waals surface area contributed by atoms with E-state index in [2.05, 4.69) is 0 Å². The Morgan fingerprint density at radius 1 is 1.28 bits per heavy atom. The first-order chi connectivity index (χ1) is 11.7. The highest BCUT2D eigenvalue weighted by molar-refractivity contribution is 7.85. The topological polar surface area (TPSA) is 117 Å². The van der Waals surface area contributed by atoms with E-state index in [0.29, 0.717) is 29.4 Å². The predicted molar refractivity (Wildman–Crippen MR) is 89.3 cm³/mol. The summed E-state index contributed by atoms with van der Waals surface area (Å²) >= 11 is 0. The molecular formula is C16H18N2O6S. The van der Waals surface area contributed by atoms with Crippen molar-refractivity contribution in [1.29, 1.82) is 0 Å². The fraction of sp³-hybridized carbons (Fsp3) is 0.375. The lowest BCUT2D eigenvalue weighted by atomic mass is 10.0. The summed E-state index contributed by atoms with van der Waals surface area (Å²) in [6.07, 6.45) is 2.12. The number of hydrogen-bond donors (Lipinski definition) is 2.